The summed E-state index contributed by atoms with van der Waals surface area (Å²) in [6.45, 7) is 5.00. The van der Waals surface area contributed by atoms with E-state index in [9.17, 15) is 9.59 Å². The molecule has 0 aliphatic rings. The lowest BCUT2D eigenvalue weighted by Gasteiger charge is -1.71. The molecule has 0 aliphatic carbocycles. The minimum absolute atomic E-state index is 0.0833. The summed E-state index contributed by atoms with van der Waals surface area (Å²) in [6, 6.07) is 0. The largest absolute Gasteiger partial charge is 0.481 e. The molecule has 0 saturated carbocycles. The van der Waals surface area contributed by atoms with Crippen LogP contribution in [0.3, 0.4) is 0 Å². The second kappa shape index (κ2) is 29.5. The van der Waals surface area contributed by atoms with Crippen molar-refractivity contribution in [2.45, 2.75) is 6.92 Å². The van der Waals surface area contributed by atoms with Crippen molar-refractivity contribution in [3.63, 3.8) is 0 Å². The third kappa shape index (κ3) is 146. The number of carbonyl (C=O) groups is 2. The van der Waals surface area contributed by atoms with Crippen LogP contribution in [0.2, 0.25) is 0 Å². The van der Waals surface area contributed by atoms with Crippen LogP contribution >= 0.6 is 25.3 Å². The molecule has 0 aromatic heterocycles. The number of aliphatic carboxylic acids is 2. The van der Waals surface area contributed by atoms with E-state index in [4.69, 9.17) is 20.4 Å². The van der Waals surface area contributed by atoms with Gasteiger partial charge in [-0.3, -0.25) is 9.59 Å². The first-order valence-electron chi connectivity index (χ1n) is 4.31. The number of aliphatic hydroxyl groups is 2. The van der Waals surface area contributed by atoms with Crippen LogP contribution in [0.25, 0.3) is 0 Å². The number of rotatable bonds is 3. The molecule has 0 atom stereocenters. The summed E-state index contributed by atoms with van der Waals surface area (Å²) in [6.07, 6.45) is 1.75. The molecule has 0 radical (unpaired) electrons. The molecule has 0 saturated heterocycles. The first kappa shape index (κ1) is 25.2. The molecular weight excluding hydrogens is 268 g/mol. The number of carboxylic acid groups (broad SMARTS) is 2. The summed E-state index contributed by atoms with van der Waals surface area (Å²) in [5.41, 5.74) is 0. The van der Waals surface area contributed by atoms with E-state index in [0.717, 1.165) is 0 Å². The van der Waals surface area contributed by atoms with Crippen molar-refractivity contribution < 1.29 is 30.0 Å². The third-order valence-corrected chi connectivity index (χ3v) is 0.912. The van der Waals surface area contributed by atoms with E-state index in [2.05, 4.69) is 31.8 Å². The monoisotopic (exact) mass is 288 g/mol. The predicted molar refractivity (Wildman–Crippen MR) is 73.0 cm³/mol. The van der Waals surface area contributed by atoms with Gasteiger partial charge in [0.1, 0.15) is 0 Å². The molecule has 0 amide bonds. The highest BCUT2D eigenvalue weighted by molar-refractivity contribution is 7.81. The molecule has 0 bridgehead atoms. The summed E-state index contributed by atoms with van der Waals surface area (Å²) in [5.74, 6) is -1.93. The molecule has 0 heterocycles. The second-order valence-corrected chi connectivity index (χ2v) is 2.59. The summed E-state index contributed by atoms with van der Waals surface area (Å²) in [7, 11) is 0. The zero-order valence-corrected chi connectivity index (χ0v) is 11.4. The SMILES string of the molecule is C=CC.O=C(O)CS.O=C(O)CS.OCCO. The topological polar surface area (TPSA) is 115 Å². The van der Waals surface area contributed by atoms with Gasteiger partial charge in [-0.05, 0) is 6.92 Å². The number of carboxylic acids is 2. The molecule has 0 rings (SSSR count). The average molecular weight is 288 g/mol. The maximum atomic E-state index is 9.29. The minimum Gasteiger partial charge on any atom is -0.481 e. The van der Waals surface area contributed by atoms with Gasteiger partial charge in [-0.2, -0.15) is 25.3 Å². The van der Waals surface area contributed by atoms with E-state index in [1.807, 2.05) is 6.92 Å². The standard InChI is InChI=1S/C3H6.2C2H4O2S.C2H6O2/c1-3-2;2*3-2(4)1-5;3-1-2-4/h3H,1H2,2H3;2*5H,1H2,(H,3,4);3-4H,1-2H2. The van der Waals surface area contributed by atoms with Gasteiger partial charge in [0.25, 0.3) is 0 Å². The third-order valence-electron chi connectivity index (χ3n) is 0.371. The Morgan fingerprint density at radius 3 is 1.18 bits per heavy atom. The van der Waals surface area contributed by atoms with E-state index in [1.54, 1.807) is 6.08 Å². The number of allylic oxidation sites excluding steroid dienone is 1. The van der Waals surface area contributed by atoms with Crippen molar-refractivity contribution in [2.24, 2.45) is 0 Å². The Hall–Kier alpha value is -0.700. The summed E-state index contributed by atoms with van der Waals surface area (Å²) >= 11 is 6.83. The Kier molecular flexibility index (Phi) is 43.8. The highest BCUT2D eigenvalue weighted by Gasteiger charge is 1.82. The van der Waals surface area contributed by atoms with Crippen molar-refractivity contribution >= 4 is 37.2 Å². The Balaban J connectivity index is -0.0000000676. The zero-order chi connectivity index (χ0) is 14.7. The highest BCUT2D eigenvalue weighted by atomic mass is 32.1. The van der Waals surface area contributed by atoms with Gasteiger partial charge in [0, 0.05) is 0 Å². The highest BCUT2D eigenvalue weighted by Crippen LogP contribution is 1.66. The van der Waals surface area contributed by atoms with Gasteiger partial charge in [0.05, 0.1) is 24.7 Å². The van der Waals surface area contributed by atoms with Crippen LogP contribution in [0.5, 0.6) is 0 Å². The van der Waals surface area contributed by atoms with Gasteiger partial charge in [0.2, 0.25) is 0 Å². The van der Waals surface area contributed by atoms with Crippen molar-refractivity contribution in [2.75, 3.05) is 24.7 Å². The van der Waals surface area contributed by atoms with E-state index < -0.39 is 11.9 Å². The molecule has 17 heavy (non-hydrogen) atoms. The van der Waals surface area contributed by atoms with Gasteiger partial charge < -0.3 is 20.4 Å². The van der Waals surface area contributed by atoms with Gasteiger partial charge in [0.15, 0.2) is 0 Å². The van der Waals surface area contributed by atoms with Crippen LogP contribution in [-0.4, -0.2) is 57.1 Å². The van der Waals surface area contributed by atoms with Gasteiger partial charge in [-0.15, -0.1) is 6.58 Å². The van der Waals surface area contributed by atoms with Crippen LogP contribution < -0.4 is 0 Å². The molecule has 0 fully saturated rings. The normalized spacial score (nSPS) is 6.88. The first-order chi connectivity index (χ1) is 7.87. The molecule has 0 aromatic carbocycles. The molecule has 0 spiro atoms. The van der Waals surface area contributed by atoms with Gasteiger partial charge in [-0.25, -0.2) is 0 Å². The van der Waals surface area contributed by atoms with Crippen LogP contribution in [0.1, 0.15) is 6.92 Å². The summed E-state index contributed by atoms with van der Waals surface area (Å²) in [5, 5.41) is 30.5. The van der Waals surface area contributed by atoms with Crippen molar-refractivity contribution in [1.29, 1.82) is 0 Å². The van der Waals surface area contributed by atoms with Crippen LogP contribution in [-0.2, 0) is 9.59 Å². The van der Waals surface area contributed by atoms with E-state index >= 15 is 0 Å². The molecule has 0 unspecified atom stereocenters. The number of aliphatic hydroxyl groups excluding tert-OH is 2. The Morgan fingerprint density at radius 1 is 1.06 bits per heavy atom. The lowest BCUT2D eigenvalue weighted by molar-refractivity contribution is -0.134. The predicted octanol–water partition coefficient (Wildman–Crippen LogP) is 0.165. The fraction of sp³-hybridized carbons (Fsp3) is 0.556. The molecule has 0 aromatic rings. The van der Waals surface area contributed by atoms with E-state index in [1.165, 1.54) is 0 Å². The van der Waals surface area contributed by atoms with Gasteiger partial charge >= 0.3 is 11.9 Å². The van der Waals surface area contributed by atoms with Crippen molar-refractivity contribution in [1.82, 2.24) is 0 Å². The Morgan fingerprint density at radius 2 is 1.18 bits per heavy atom. The average Bonchev–Trinajstić information content (AvgIpc) is 2.31. The van der Waals surface area contributed by atoms with E-state index in [-0.39, 0.29) is 24.7 Å². The maximum Gasteiger partial charge on any atom is 0.313 e. The first-order valence-corrected chi connectivity index (χ1v) is 5.58. The smallest absolute Gasteiger partial charge is 0.313 e. The molecule has 104 valence electrons. The molecular formula is C9H20O6S2. The van der Waals surface area contributed by atoms with Crippen molar-refractivity contribution in [3.8, 4) is 0 Å². The number of hydrogen-bond donors (Lipinski definition) is 6. The number of thiol groups is 2. The number of hydrogen-bond acceptors (Lipinski definition) is 6. The molecule has 4 N–H and O–H groups in total. The fourth-order valence-electron chi connectivity index (χ4n) is 0. The van der Waals surface area contributed by atoms with Crippen molar-refractivity contribution in [3.05, 3.63) is 12.7 Å². The zero-order valence-electron chi connectivity index (χ0n) is 9.61. The Bertz CT molecular complexity index is 159. The molecule has 0 aliphatic heterocycles. The van der Waals surface area contributed by atoms with Crippen LogP contribution in [0.4, 0.5) is 0 Å². The maximum absolute atomic E-state index is 9.29. The van der Waals surface area contributed by atoms with Gasteiger partial charge in [-0.1, -0.05) is 6.08 Å². The van der Waals surface area contributed by atoms with Crippen LogP contribution in [0, 0.1) is 0 Å². The fourth-order valence-corrected chi connectivity index (χ4v) is 0. The lowest BCUT2D eigenvalue weighted by atomic mass is 10.8. The van der Waals surface area contributed by atoms with Crippen LogP contribution in [0.15, 0.2) is 12.7 Å². The quantitative estimate of drug-likeness (QED) is 0.326. The molecule has 8 heteroatoms. The summed E-state index contributed by atoms with van der Waals surface area (Å²) < 4.78 is 0. The second-order valence-electron chi connectivity index (χ2n) is 1.96. The molecule has 6 nitrogen and oxygen atoms in total. The Labute approximate surface area is 112 Å². The minimum atomic E-state index is -0.881. The lowest BCUT2D eigenvalue weighted by Crippen LogP contribution is -1.92. The summed E-state index contributed by atoms with van der Waals surface area (Å²) in [4.78, 5) is 18.6. The van der Waals surface area contributed by atoms with E-state index in [0.29, 0.717) is 0 Å².